The molecule has 0 saturated carbocycles. The number of pyridine rings is 1. The number of rotatable bonds is 5. The van der Waals surface area contributed by atoms with Gasteiger partial charge in [-0.05, 0) is 55.2 Å². The van der Waals surface area contributed by atoms with Crippen molar-refractivity contribution < 1.29 is 14.3 Å². The number of carbonyl (C=O) groups excluding carboxylic acids is 2. The molecule has 1 saturated heterocycles. The van der Waals surface area contributed by atoms with Crippen molar-refractivity contribution >= 4 is 34.9 Å². The minimum absolute atomic E-state index is 0.0469. The van der Waals surface area contributed by atoms with Crippen LogP contribution in [0.15, 0.2) is 42.6 Å². The molecule has 1 aliphatic heterocycles. The normalized spacial score (nSPS) is 14.7. The van der Waals surface area contributed by atoms with Gasteiger partial charge in [-0.3, -0.25) is 4.79 Å². The third-order valence-electron chi connectivity index (χ3n) is 4.61. The summed E-state index contributed by atoms with van der Waals surface area (Å²) in [7, 11) is 0. The fourth-order valence-corrected chi connectivity index (χ4v) is 3.16. The molecule has 1 aromatic carbocycles. The third kappa shape index (κ3) is 5.20. The average Bonchev–Trinajstić information content (AvgIpc) is 2.68. The summed E-state index contributed by atoms with van der Waals surface area (Å²) in [5.74, 6) is -0.315. The lowest BCUT2D eigenvalue weighted by Gasteiger charge is -2.32. The van der Waals surface area contributed by atoms with Crippen LogP contribution in [0, 0.1) is 5.92 Å². The van der Waals surface area contributed by atoms with Crippen molar-refractivity contribution in [2.45, 2.75) is 19.8 Å². The Labute approximate surface area is 163 Å². The van der Waals surface area contributed by atoms with Gasteiger partial charge >= 0.3 is 5.97 Å². The number of ether oxygens (including phenoxy) is 1. The highest BCUT2D eigenvalue weighted by Gasteiger charge is 2.16. The lowest BCUT2D eigenvalue weighted by molar-refractivity contribution is -0.119. The number of hydrogen-bond donors (Lipinski definition) is 1. The van der Waals surface area contributed by atoms with E-state index >= 15 is 0 Å². The van der Waals surface area contributed by atoms with Gasteiger partial charge < -0.3 is 15.0 Å². The quantitative estimate of drug-likeness (QED) is 0.624. The molecule has 2 aromatic rings. The van der Waals surface area contributed by atoms with Crippen molar-refractivity contribution in [1.82, 2.24) is 4.98 Å². The van der Waals surface area contributed by atoms with E-state index in [1.54, 1.807) is 6.07 Å². The highest BCUT2D eigenvalue weighted by molar-refractivity contribution is 6.32. The van der Waals surface area contributed by atoms with Gasteiger partial charge in [0, 0.05) is 30.7 Å². The minimum Gasteiger partial charge on any atom is -0.452 e. The van der Waals surface area contributed by atoms with Crippen LogP contribution in [0.1, 0.15) is 30.1 Å². The van der Waals surface area contributed by atoms with Crippen molar-refractivity contribution in [3.8, 4) is 0 Å². The number of hydrogen-bond acceptors (Lipinski definition) is 5. The summed E-state index contributed by atoms with van der Waals surface area (Å²) in [6.07, 6.45) is 3.87. The van der Waals surface area contributed by atoms with E-state index in [9.17, 15) is 9.59 Å². The highest BCUT2D eigenvalue weighted by Crippen LogP contribution is 2.24. The van der Waals surface area contributed by atoms with Crippen molar-refractivity contribution in [2.24, 2.45) is 5.92 Å². The number of carbonyl (C=O) groups is 2. The first-order chi connectivity index (χ1) is 13.0. The van der Waals surface area contributed by atoms with Crippen LogP contribution in [0.5, 0.6) is 0 Å². The average molecular weight is 388 g/mol. The number of halogens is 1. The van der Waals surface area contributed by atoms with Gasteiger partial charge in [0.15, 0.2) is 6.61 Å². The Morgan fingerprint density at radius 2 is 1.93 bits per heavy atom. The number of nitrogens with one attached hydrogen (secondary N) is 1. The molecule has 0 aliphatic carbocycles. The first kappa shape index (κ1) is 19.2. The molecule has 1 amide bonds. The Morgan fingerprint density at radius 1 is 1.22 bits per heavy atom. The number of esters is 1. The molecule has 1 aliphatic rings. The zero-order valence-electron chi connectivity index (χ0n) is 15.2. The molecule has 2 heterocycles. The molecule has 7 heteroatoms. The Kier molecular flexibility index (Phi) is 6.29. The van der Waals surface area contributed by atoms with Crippen LogP contribution in [0.2, 0.25) is 5.15 Å². The molecule has 1 N–H and O–H groups in total. The van der Waals surface area contributed by atoms with E-state index in [1.165, 1.54) is 25.1 Å². The summed E-state index contributed by atoms with van der Waals surface area (Å²) in [6.45, 7) is 4.00. The van der Waals surface area contributed by atoms with Crippen LogP contribution in [-0.2, 0) is 9.53 Å². The van der Waals surface area contributed by atoms with Crippen LogP contribution >= 0.6 is 11.6 Å². The SMILES string of the molecule is CC1CCN(c2ccc(NC(=O)COC(=O)c3cccnc3Cl)cc2)CC1. The standard InChI is InChI=1S/C20H22ClN3O3/c1-14-8-11-24(12-9-14)16-6-4-15(5-7-16)23-18(25)13-27-20(26)17-3-2-10-22-19(17)21/h2-7,10,14H,8-9,11-13H2,1H3,(H,23,25). The first-order valence-corrected chi connectivity index (χ1v) is 9.33. The zero-order valence-corrected chi connectivity index (χ0v) is 15.9. The van der Waals surface area contributed by atoms with E-state index in [4.69, 9.17) is 16.3 Å². The smallest absolute Gasteiger partial charge is 0.341 e. The Balaban J connectivity index is 1.49. The molecular weight excluding hydrogens is 366 g/mol. The van der Waals surface area contributed by atoms with Gasteiger partial charge in [0.1, 0.15) is 5.15 Å². The molecule has 1 fully saturated rings. The maximum absolute atomic E-state index is 12.0. The maximum atomic E-state index is 12.0. The second-order valence-corrected chi connectivity index (χ2v) is 7.04. The topological polar surface area (TPSA) is 71.5 Å². The predicted octanol–water partition coefficient (Wildman–Crippen LogP) is 3.77. The summed E-state index contributed by atoms with van der Waals surface area (Å²) in [5, 5.41) is 2.76. The van der Waals surface area contributed by atoms with Gasteiger partial charge in [-0.1, -0.05) is 18.5 Å². The molecule has 0 atom stereocenters. The Hall–Kier alpha value is -2.60. The molecule has 0 unspecified atom stereocenters. The van der Waals surface area contributed by atoms with E-state index in [2.05, 4.69) is 22.1 Å². The van der Waals surface area contributed by atoms with Gasteiger partial charge in [0.2, 0.25) is 0 Å². The van der Waals surface area contributed by atoms with E-state index < -0.39 is 18.5 Å². The van der Waals surface area contributed by atoms with E-state index in [0.29, 0.717) is 5.69 Å². The van der Waals surface area contributed by atoms with Crippen molar-refractivity contribution in [3.05, 3.63) is 53.3 Å². The van der Waals surface area contributed by atoms with Crippen LogP contribution in [0.3, 0.4) is 0 Å². The summed E-state index contributed by atoms with van der Waals surface area (Å²) in [6, 6.07) is 10.8. The molecule has 3 rings (SSSR count). The van der Waals surface area contributed by atoms with Crippen LogP contribution in [0.25, 0.3) is 0 Å². The van der Waals surface area contributed by atoms with Crippen LogP contribution in [-0.4, -0.2) is 36.6 Å². The molecule has 0 spiro atoms. The summed E-state index contributed by atoms with van der Waals surface area (Å²) in [4.78, 5) is 30.1. The number of piperidine rings is 1. The predicted molar refractivity (Wildman–Crippen MR) is 105 cm³/mol. The highest BCUT2D eigenvalue weighted by atomic mass is 35.5. The monoisotopic (exact) mass is 387 g/mol. The van der Waals surface area contributed by atoms with Crippen LogP contribution in [0.4, 0.5) is 11.4 Å². The van der Waals surface area contributed by atoms with Gasteiger partial charge in [-0.25, -0.2) is 9.78 Å². The van der Waals surface area contributed by atoms with Gasteiger partial charge in [-0.15, -0.1) is 0 Å². The molecule has 1 aromatic heterocycles. The number of nitrogens with zero attached hydrogens (tertiary/aromatic N) is 2. The van der Waals surface area contributed by atoms with E-state index in [1.807, 2.05) is 24.3 Å². The summed E-state index contributed by atoms with van der Waals surface area (Å²) < 4.78 is 4.99. The molecule has 6 nitrogen and oxygen atoms in total. The first-order valence-electron chi connectivity index (χ1n) is 8.95. The number of amides is 1. The number of aromatic nitrogens is 1. The second kappa shape index (κ2) is 8.86. The van der Waals surface area contributed by atoms with Gasteiger partial charge in [-0.2, -0.15) is 0 Å². The van der Waals surface area contributed by atoms with Gasteiger partial charge in [0.25, 0.3) is 5.91 Å². The zero-order chi connectivity index (χ0) is 19.2. The third-order valence-corrected chi connectivity index (χ3v) is 4.91. The largest absolute Gasteiger partial charge is 0.452 e. The molecule has 0 radical (unpaired) electrons. The molecular formula is C20H22ClN3O3. The number of anilines is 2. The number of benzene rings is 1. The summed E-state index contributed by atoms with van der Waals surface area (Å²) in [5.41, 5.74) is 1.94. The molecule has 27 heavy (non-hydrogen) atoms. The Morgan fingerprint density at radius 3 is 2.59 bits per heavy atom. The maximum Gasteiger partial charge on any atom is 0.341 e. The van der Waals surface area contributed by atoms with E-state index in [0.717, 1.165) is 24.7 Å². The Bertz CT molecular complexity index is 802. The fourth-order valence-electron chi connectivity index (χ4n) is 2.97. The van der Waals surface area contributed by atoms with Crippen LogP contribution < -0.4 is 10.2 Å². The van der Waals surface area contributed by atoms with E-state index in [-0.39, 0.29) is 10.7 Å². The minimum atomic E-state index is -0.682. The van der Waals surface area contributed by atoms with Crippen molar-refractivity contribution in [2.75, 3.05) is 29.9 Å². The molecule has 0 bridgehead atoms. The second-order valence-electron chi connectivity index (χ2n) is 6.68. The lowest BCUT2D eigenvalue weighted by atomic mass is 9.99. The lowest BCUT2D eigenvalue weighted by Crippen LogP contribution is -2.32. The van der Waals surface area contributed by atoms with Gasteiger partial charge in [0.05, 0.1) is 5.56 Å². The molecule has 142 valence electrons. The van der Waals surface area contributed by atoms with Crippen molar-refractivity contribution in [1.29, 1.82) is 0 Å². The fraction of sp³-hybridized carbons (Fsp3) is 0.350. The van der Waals surface area contributed by atoms with Crippen molar-refractivity contribution in [3.63, 3.8) is 0 Å². The summed E-state index contributed by atoms with van der Waals surface area (Å²) >= 11 is 5.83.